The van der Waals surface area contributed by atoms with E-state index in [-0.39, 0.29) is 47.0 Å². The number of carbonyl (C=O) groups excluding carboxylic acids is 2. The van der Waals surface area contributed by atoms with Crippen LogP contribution in [0.3, 0.4) is 0 Å². The molecule has 2 aliphatic heterocycles. The fourth-order valence-electron chi connectivity index (χ4n) is 6.90. The van der Waals surface area contributed by atoms with E-state index in [1.54, 1.807) is 0 Å². The van der Waals surface area contributed by atoms with Crippen molar-refractivity contribution in [2.45, 2.75) is 59.1 Å². The van der Waals surface area contributed by atoms with Gasteiger partial charge >= 0.3 is 5.97 Å². The summed E-state index contributed by atoms with van der Waals surface area (Å²) in [6.45, 7) is 8.98. The van der Waals surface area contributed by atoms with Gasteiger partial charge in [-0.05, 0) is 55.4 Å². The number of ketones is 1. The van der Waals surface area contributed by atoms with Crippen LogP contribution in [-0.2, 0) is 19.1 Å². The molecule has 6 heteroatoms. The number of methoxy groups -OCH3 is 1. The summed E-state index contributed by atoms with van der Waals surface area (Å²) in [5.74, 6) is -1.78. The van der Waals surface area contributed by atoms with Crippen molar-refractivity contribution in [1.29, 1.82) is 0 Å². The van der Waals surface area contributed by atoms with Crippen molar-refractivity contribution < 1.29 is 24.2 Å². The Morgan fingerprint density at radius 1 is 1.20 bits per heavy atom. The third-order valence-corrected chi connectivity index (χ3v) is 8.44. The number of rotatable bonds is 4. The first-order chi connectivity index (χ1) is 14.1. The van der Waals surface area contributed by atoms with Crippen molar-refractivity contribution in [1.82, 2.24) is 4.90 Å². The third kappa shape index (κ3) is 2.83. The summed E-state index contributed by atoms with van der Waals surface area (Å²) in [5.41, 5.74) is -0.0655. The Labute approximate surface area is 178 Å². The minimum Gasteiger partial charge on any atom is -0.481 e. The molecular formula is C24H33NO5. The average molecular weight is 416 g/mol. The highest BCUT2D eigenvalue weighted by Crippen LogP contribution is 2.55. The zero-order valence-electron chi connectivity index (χ0n) is 18.6. The number of aliphatic carboxylic acids is 1. The first kappa shape index (κ1) is 21.3. The van der Waals surface area contributed by atoms with Crippen molar-refractivity contribution >= 4 is 17.7 Å². The maximum Gasteiger partial charge on any atom is 0.311 e. The summed E-state index contributed by atoms with van der Waals surface area (Å²) >= 11 is 0. The van der Waals surface area contributed by atoms with E-state index in [1.165, 1.54) is 23.7 Å². The van der Waals surface area contributed by atoms with Gasteiger partial charge in [0.1, 0.15) is 5.92 Å². The minimum atomic E-state index is -1.35. The molecule has 2 heterocycles. The molecule has 0 aromatic heterocycles. The van der Waals surface area contributed by atoms with Gasteiger partial charge in [-0.1, -0.05) is 38.8 Å². The van der Waals surface area contributed by atoms with E-state index in [1.807, 2.05) is 0 Å². The highest BCUT2D eigenvalue weighted by Gasteiger charge is 2.60. The quantitative estimate of drug-likeness (QED) is 0.562. The molecule has 4 aliphatic rings. The summed E-state index contributed by atoms with van der Waals surface area (Å²) in [6.07, 6.45) is 7.32. The number of ether oxygens (including phenoxy) is 1. The Kier molecular flexibility index (Phi) is 5.00. The van der Waals surface area contributed by atoms with Gasteiger partial charge in [-0.25, -0.2) is 0 Å². The molecule has 2 fully saturated rings. The molecule has 0 aromatic carbocycles. The molecular weight excluding hydrogens is 382 g/mol. The number of nitrogens with zero attached hydrogens (tertiary/aromatic N) is 1. The number of allylic oxidation sites excluding steroid dienone is 2. The average Bonchev–Trinajstić information content (AvgIpc) is 3.18. The maximum absolute atomic E-state index is 13.9. The van der Waals surface area contributed by atoms with Gasteiger partial charge in [0.2, 0.25) is 0 Å². The molecule has 1 saturated carbocycles. The number of Topliss-reactive ketones (excluding diaryl/α,β-unsaturated/α-hetero) is 1. The van der Waals surface area contributed by atoms with Gasteiger partial charge in [-0.2, -0.15) is 0 Å². The monoisotopic (exact) mass is 415 g/mol. The van der Waals surface area contributed by atoms with E-state index in [0.29, 0.717) is 12.3 Å². The second kappa shape index (κ2) is 7.04. The minimum absolute atomic E-state index is 0.0461. The number of hydrogen-bond donors (Lipinski definition) is 1. The van der Waals surface area contributed by atoms with Crippen LogP contribution in [-0.4, -0.2) is 47.0 Å². The highest BCUT2D eigenvalue weighted by atomic mass is 16.5. The predicted octanol–water partition coefficient (Wildman–Crippen LogP) is 3.43. The van der Waals surface area contributed by atoms with Crippen LogP contribution in [0.2, 0.25) is 0 Å². The molecule has 0 aromatic rings. The first-order valence-electron chi connectivity index (χ1n) is 11.1. The van der Waals surface area contributed by atoms with Gasteiger partial charge in [0.25, 0.3) is 5.91 Å². The van der Waals surface area contributed by atoms with Crippen molar-refractivity contribution in [3.05, 3.63) is 23.3 Å². The standard InChI is InChI=1S/C24H33NO5/c1-13-6-7-17-19(15(3)14(2)11-23(17,4)10-13)20(26)16-12-24(30-5)18(22(28)29)8-9-25(24)21(16)27/h11-13,15,17-19H,6-10H2,1-5H3,(H,28,29). The van der Waals surface area contributed by atoms with E-state index in [0.717, 1.165) is 19.3 Å². The summed E-state index contributed by atoms with van der Waals surface area (Å²) < 4.78 is 5.61. The lowest BCUT2D eigenvalue weighted by Gasteiger charge is -2.51. The van der Waals surface area contributed by atoms with E-state index >= 15 is 0 Å². The molecule has 0 spiro atoms. The zero-order chi connectivity index (χ0) is 22.0. The molecule has 7 atom stereocenters. The Bertz CT molecular complexity index is 860. The molecule has 0 radical (unpaired) electrons. The fourth-order valence-corrected chi connectivity index (χ4v) is 6.90. The van der Waals surface area contributed by atoms with Gasteiger partial charge in [-0.3, -0.25) is 14.4 Å². The molecule has 30 heavy (non-hydrogen) atoms. The SMILES string of the molecule is COC12C=C(C(=O)C3C(C)C(C)=CC4(C)CC(C)CCC34)C(=O)N1CCC2C(=O)O. The molecule has 4 rings (SSSR count). The number of carboxylic acid groups (broad SMARTS) is 1. The zero-order valence-corrected chi connectivity index (χ0v) is 18.6. The van der Waals surface area contributed by atoms with Crippen LogP contribution >= 0.6 is 0 Å². The molecule has 1 saturated heterocycles. The molecule has 6 nitrogen and oxygen atoms in total. The van der Waals surface area contributed by atoms with Crippen molar-refractivity contribution in [3.63, 3.8) is 0 Å². The Morgan fingerprint density at radius 2 is 1.90 bits per heavy atom. The van der Waals surface area contributed by atoms with Crippen molar-refractivity contribution in [2.75, 3.05) is 13.7 Å². The van der Waals surface area contributed by atoms with Crippen LogP contribution < -0.4 is 0 Å². The maximum atomic E-state index is 13.9. The summed E-state index contributed by atoms with van der Waals surface area (Å²) in [6, 6.07) is 0. The Hall–Kier alpha value is -1.95. The number of fused-ring (bicyclic) bond motifs is 2. The van der Waals surface area contributed by atoms with Gasteiger partial charge in [0.15, 0.2) is 11.5 Å². The predicted molar refractivity (Wildman–Crippen MR) is 111 cm³/mol. The van der Waals surface area contributed by atoms with Crippen molar-refractivity contribution in [3.8, 4) is 0 Å². The van der Waals surface area contributed by atoms with Crippen LogP contribution in [0.1, 0.15) is 53.4 Å². The van der Waals surface area contributed by atoms with Crippen LogP contribution in [0, 0.1) is 35.0 Å². The van der Waals surface area contributed by atoms with Crippen LogP contribution in [0.4, 0.5) is 0 Å². The van der Waals surface area contributed by atoms with Crippen molar-refractivity contribution in [2.24, 2.45) is 35.0 Å². The van der Waals surface area contributed by atoms with E-state index in [2.05, 4.69) is 33.8 Å². The number of carbonyl (C=O) groups is 3. The Morgan fingerprint density at radius 3 is 2.53 bits per heavy atom. The lowest BCUT2D eigenvalue weighted by molar-refractivity contribution is -0.161. The molecule has 2 aliphatic carbocycles. The van der Waals surface area contributed by atoms with Crippen LogP contribution in [0.15, 0.2) is 23.3 Å². The Balaban J connectivity index is 1.74. The lowest BCUT2D eigenvalue weighted by Crippen LogP contribution is -2.49. The summed E-state index contributed by atoms with van der Waals surface area (Å²) in [4.78, 5) is 40.3. The molecule has 7 unspecified atom stereocenters. The number of carboxylic acids is 1. The summed E-state index contributed by atoms with van der Waals surface area (Å²) in [5, 5.41) is 9.67. The molecule has 1 N–H and O–H groups in total. The van der Waals surface area contributed by atoms with Gasteiger partial charge in [-0.15, -0.1) is 0 Å². The highest BCUT2D eigenvalue weighted by molar-refractivity contribution is 6.22. The first-order valence-corrected chi connectivity index (χ1v) is 11.1. The fraction of sp³-hybridized carbons (Fsp3) is 0.708. The normalized spacial score (nSPS) is 43.0. The molecule has 1 amide bonds. The smallest absolute Gasteiger partial charge is 0.311 e. The van der Waals surface area contributed by atoms with Gasteiger partial charge in [0.05, 0.1) is 5.57 Å². The number of hydrogen-bond acceptors (Lipinski definition) is 4. The largest absolute Gasteiger partial charge is 0.481 e. The topological polar surface area (TPSA) is 83.9 Å². The second-order valence-corrected chi connectivity index (χ2v) is 10.2. The van der Waals surface area contributed by atoms with E-state index < -0.39 is 17.6 Å². The van der Waals surface area contributed by atoms with Crippen LogP contribution in [0.5, 0.6) is 0 Å². The lowest BCUT2D eigenvalue weighted by atomic mass is 9.53. The second-order valence-electron chi connectivity index (χ2n) is 10.2. The molecule has 0 bridgehead atoms. The third-order valence-electron chi connectivity index (χ3n) is 8.44. The van der Waals surface area contributed by atoms with Crippen LogP contribution in [0.25, 0.3) is 0 Å². The summed E-state index contributed by atoms with van der Waals surface area (Å²) in [7, 11) is 1.42. The molecule has 164 valence electrons. The van der Waals surface area contributed by atoms with Gasteiger partial charge in [0, 0.05) is 19.6 Å². The van der Waals surface area contributed by atoms with Gasteiger partial charge < -0.3 is 14.7 Å². The van der Waals surface area contributed by atoms with E-state index in [4.69, 9.17) is 4.74 Å². The van der Waals surface area contributed by atoms with E-state index in [9.17, 15) is 19.5 Å². The number of amides is 1.